The number of hydrogen-bond donors (Lipinski definition) is 0. The smallest absolute Gasteiger partial charge is 0.248 e. The normalized spacial score (nSPS) is 14.6. The second-order valence-corrected chi connectivity index (χ2v) is 5.77. The Bertz CT molecular complexity index is 715. The Morgan fingerprint density at radius 2 is 1.88 bits per heavy atom. The summed E-state index contributed by atoms with van der Waals surface area (Å²) in [7, 11) is 0. The molecule has 25 heavy (non-hydrogen) atoms. The Balaban J connectivity index is 1.65. The average Bonchev–Trinajstić information content (AvgIpc) is 2.67. The predicted octanol–water partition coefficient (Wildman–Crippen LogP) is 1.97. The Morgan fingerprint density at radius 1 is 1.16 bits per heavy atom. The van der Waals surface area contributed by atoms with E-state index in [1.54, 1.807) is 12.1 Å². The third kappa shape index (κ3) is 4.30. The molecule has 0 spiro atoms. The van der Waals surface area contributed by atoms with E-state index in [-0.39, 0.29) is 18.3 Å². The van der Waals surface area contributed by atoms with Gasteiger partial charge in [0.25, 0.3) is 0 Å². The fraction of sp³-hybridized carbons (Fsp3) is 0.389. The maximum atomic E-state index is 13.1. The fourth-order valence-corrected chi connectivity index (χ4v) is 2.76. The molecule has 132 valence electrons. The van der Waals surface area contributed by atoms with Crippen molar-refractivity contribution in [3.05, 3.63) is 42.5 Å². The number of rotatable bonds is 5. The van der Waals surface area contributed by atoms with Crippen molar-refractivity contribution in [2.45, 2.75) is 6.92 Å². The van der Waals surface area contributed by atoms with Gasteiger partial charge in [-0.3, -0.25) is 4.79 Å². The van der Waals surface area contributed by atoms with Gasteiger partial charge in [-0.1, -0.05) is 0 Å². The van der Waals surface area contributed by atoms with Crippen LogP contribution in [0.2, 0.25) is 0 Å². The summed E-state index contributed by atoms with van der Waals surface area (Å²) in [5.41, 5.74) is 1.59. The molecule has 1 aliphatic rings. The van der Waals surface area contributed by atoms with Crippen molar-refractivity contribution >= 4 is 11.7 Å². The molecule has 1 aliphatic heterocycles. The van der Waals surface area contributed by atoms with Gasteiger partial charge in [0.2, 0.25) is 5.91 Å². The molecule has 0 N–H and O–H groups in total. The van der Waals surface area contributed by atoms with Crippen molar-refractivity contribution in [3.63, 3.8) is 0 Å². The molecule has 6 nitrogen and oxygen atoms in total. The number of benzene rings is 1. The topological polar surface area (TPSA) is 58.6 Å². The highest BCUT2D eigenvalue weighted by molar-refractivity contribution is 5.77. The summed E-state index contributed by atoms with van der Waals surface area (Å²) in [6, 6.07) is 8.13. The number of nitrogens with zero attached hydrogens (tertiary/aromatic N) is 4. The summed E-state index contributed by atoms with van der Waals surface area (Å²) in [6.45, 7) is 5.25. The molecule has 0 unspecified atom stereocenters. The first-order valence-corrected chi connectivity index (χ1v) is 8.36. The zero-order chi connectivity index (χ0) is 17.6. The van der Waals surface area contributed by atoms with Gasteiger partial charge in [-0.25, -0.2) is 14.4 Å². The van der Waals surface area contributed by atoms with Gasteiger partial charge in [-0.2, -0.15) is 0 Å². The molecule has 0 aliphatic carbocycles. The van der Waals surface area contributed by atoms with Crippen LogP contribution in [0.25, 0.3) is 11.3 Å². The summed E-state index contributed by atoms with van der Waals surface area (Å²) in [5.74, 6) is 0.563. The van der Waals surface area contributed by atoms with Gasteiger partial charge in [0.1, 0.15) is 24.6 Å². The number of ether oxygens (including phenoxy) is 1. The van der Waals surface area contributed by atoms with Gasteiger partial charge in [0.05, 0.1) is 5.69 Å². The third-order valence-electron chi connectivity index (χ3n) is 4.18. The van der Waals surface area contributed by atoms with Gasteiger partial charge in [-0.05, 0) is 31.2 Å². The number of amides is 1. The first-order chi connectivity index (χ1) is 12.2. The molecule has 0 atom stereocenters. The lowest BCUT2D eigenvalue weighted by molar-refractivity contribution is -0.136. The SMILES string of the molecule is CCOCC(=O)N1CCN(c2cc(-c3ccc(F)cc3)ncn2)CC1. The molecular formula is C18H21FN4O2. The van der Waals surface area contributed by atoms with Crippen LogP contribution in [0.3, 0.4) is 0 Å². The van der Waals surface area contributed by atoms with E-state index in [0.717, 1.165) is 17.1 Å². The number of carbonyl (C=O) groups excluding carboxylic acids is 1. The van der Waals surface area contributed by atoms with E-state index >= 15 is 0 Å². The van der Waals surface area contributed by atoms with E-state index in [2.05, 4.69) is 14.9 Å². The quantitative estimate of drug-likeness (QED) is 0.830. The van der Waals surface area contributed by atoms with Crippen LogP contribution in [0.1, 0.15) is 6.92 Å². The van der Waals surface area contributed by atoms with E-state index in [4.69, 9.17) is 4.74 Å². The van der Waals surface area contributed by atoms with Gasteiger partial charge in [-0.15, -0.1) is 0 Å². The standard InChI is InChI=1S/C18H21FN4O2/c1-2-25-12-18(24)23-9-7-22(8-10-23)17-11-16(20-13-21-17)14-3-5-15(19)6-4-14/h3-6,11,13H,2,7-10,12H2,1H3. The minimum Gasteiger partial charge on any atom is -0.372 e. The minimum absolute atomic E-state index is 0.0242. The molecule has 1 aromatic carbocycles. The maximum absolute atomic E-state index is 13.1. The van der Waals surface area contributed by atoms with E-state index in [0.29, 0.717) is 32.8 Å². The molecule has 0 saturated carbocycles. The van der Waals surface area contributed by atoms with Crippen molar-refractivity contribution in [3.8, 4) is 11.3 Å². The van der Waals surface area contributed by atoms with Crippen LogP contribution in [-0.2, 0) is 9.53 Å². The largest absolute Gasteiger partial charge is 0.372 e. The molecule has 0 radical (unpaired) electrons. The highest BCUT2D eigenvalue weighted by Gasteiger charge is 2.22. The second kappa shape index (κ2) is 8.02. The maximum Gasteiger partial charge on any atom is 0.248 e. The van der Waals surface area contributed by atoms with Crippen molar-refractivity contribution in [1.82, 2.24) is 14.9 Å². The number of anilines is 1. The van der Waals surface area contributed by atoms with Crippen LogP contribution >= 0.6 is 0 Å². The lowest BCUT2D eigenvalue weighted by Crippen LogP contribution is -2.50. The van der Waals surface area contributed by atoms with Crippen molar-refractivity contribution in [1.29, 1.82) is 0 Å². The highest BCUT2D eigenvalue weighted by Crippen LogP contribution is 2.21. The Labute approximate surface area is 146 Å². The van der Waals surface area contributed by atoms with Crippen LogP contribution in [0.5, 0.6) is 0 Å². The summed E-state index contributed by atoms with van der Waals surface area (Å²) >= 11 is 0. The molecule has 1 fully saturated rings. The highest BCUT2D eigenvalue weighted by atomic mass is 19.1. The summed E-state index contributed by atoms with van der Waals surface area (Å²) in [5, 5.41) is 0. The van der Waals surface area contributed by atoms with Crippen LogP contribution in [0, 0.1) is 5.82 Å². The van der Waals surface area contributed by atoms with Gasteiger partial charge < -0.3 is 14.5 Å². The third-order valence-corrected chi connectivity index (χ3v) is 4.18. The first-order valence-electron chi connectivity index (χ1n) is 8.36. The van der Waals surface area contributed by atoms with Gasteiger partial charge in [0.15, 0.2) is 0 Å². The Morgan fingerprint density at radius 3 is 2.56 bits per heavy atom. The second-order valence-electron chi connectivity index (χ2n) is 5.77. The van der Waals surface area contributed by atoms with Crippen LogP contribution in [-0.4, -0.2) is 60.2 Å². The molecule has 1 aromatic heterocycles. The molecular weight excluding hydrogens is 323 g/mol. The van der Waals surface area contributed by atoms with Crippen molar-refractivity contribution in [2.24, 2.45) is 0 Å². The average molecular weight is 344 g/mol. The minimum atomic E-state index is -0.272. The number of piperazine rings is 1. The molecule has 7 heteroatoms. The Kier molecular flexibility index (Phi) is 5.55. The van der Waals surface area contributed by atoms with E-state index < -0.39 is 0 Å². The van der Waals surface area contributed by atoms with E-state index in [1.807, 2.05) is 17.9 Å². The lowest BCUT2D eigenvalue weighted by atomic mass is 10.1. The fourth-order valence-electron chi connectivity index (χ4n) is 2.76. The van der Waals surface area contributed by atoms with Crippen LogP contribution < -0.4 is 4.90 Å². The Hall–Kier alpha value is -2.54. The monoisotopic (exact) mass is 344 g/mol. The molecule has 1 saturated heterocycles. The van der Waals surface area contributed by atoms with Gasteiger partial charge >= 0.3 is 0 Å². The summed E-state index contributed by atoms with van der Waals surface area (Å²) in [4.78, 5) is 24.5. The molecule has 2 aromatic rings. The van der Waals surface area contributed by atoms with Gasteiger partial charge in [0, 0.05) is 44.4 Å². The predicted molar refractivity (Wildman–Crippen MR) is 92.7 cm³/mol. The summed E-state index contributed by atoms with van der Waals surface area (Å²) < 4.78 is 18.3. The van der Waals surface area contributed by atoms with Crippen LogP contribution in [0.15, 0.2) is 36.7 Å². The molecule has 2 heterocycles. The zero-order valence-electron chi connectivity index (χ0n) is 14.2. The summed E-state index contributed by atoms with van der Waals surface area (Å²) in [6.07, 6.45) is 1.51. The number of halogens is 1. The van der Waals surface area contributed by atoms with Crippen LogP contribution in [0.4, 0.5) is 10.2 Å². The molecule has 3 rings (SSSR count). The first kappa shape index (κ1) is 17.3. The number of carbonyl (C=O) groups is 1. The van der Waals surface area contributed by atoms with E-state index in [9.17, 15) is 9.18 Å². The molecule has 1 amide bonds. The lowest BCUT2D eigenvalue weighted by Gasteiger charge is -2.35. The van der Waals surface area contributed by atoms with E-state index in [1.165, 1.54) is 18.5 Å². The van der Waals surface area contributed by atoms with Crippen molar-refractivity contribution < 1.29 is 13.9 Å². The number of hydrogen-bond acceptors (Lipinski definition) is 5. The van der Waals surface area contributed by atoms with Crippen molar-refractivity contribution in [2.75, 3.05) is 44.3 Å². The zero-order valence-corrected chi connectivity index (χ0v) is 14.2. The number of aromatic nitrogens is 2. The molecule has 0 bridgehead atoms.